The lowest BCUT2D eigenvalue weighted by Crippen LogP contribution is -2.31. The van der Waals surface area contributed by atoms with Crippen LogP contribution in [0.25, 0.3) is 16.8 Å². The molecule has 0 unspecified atom stereocenters. The Bertz CT molecular complexity index is 2170. The van der Waals surface area contributed by atoms with Crippen LogP contribution in [0.2, 0.25) is 5.02 Å². The van der Waals surface area contributed by atoms with Crippen LogP contribution in [0.3, 0.4) is 0 Å². The first-order chi connectivity index (χ1) is 24.0. The highest BCUT2D eigenvalue weighted by molar-refractivity contribution is 7.90. The van der Waals surface area contributed by atoms with Gasteiger partial charge in [0.1, 0.15) is 5.82 Å². The van der Waals surface area contributed by atoms with Gasteiger partial charge in [0.25, 0.3) is 15.9 Å². The van der Waals surface area contributed by atoms with Gasteiger partial charge in [0.2, 0.25) is 5.91 Å². The molecule has 1 aromatic heterocycles. The molecule has 0 aliphatic carbocycles. The van der Waals surface area contributed by atoms with E-state index in [4.69, 9.17) is 16.7 Å². The first-order valence-electron chi connectivity index (χ1n) is 16.6. The van der Waals surface area contributed by atoms with Crippen molar-refractivity contribution in [2.24, 2.45) is 0 Å². The number of carbonyl (C=O) groups excluding carboxylic acids is 2. The van der Waals surface area contributed by atoms with E-state index in [2.05, 4.69) is 17.0 Å². The van der Waals surface area contributed by atoms with E-state index in [0.717, 1.165) is 36.8 Å². The lowest BCUT2D eigenvalue weighted by molar-refractivity contribution is -0.116. The maximum atomic E-state index is 13.9. The molecule has 5 rings (SSSR count). The first-order valence-corrected chi connectivity index (χ1v) is 18.5. The molecule has 2 N–H and O–H groups in total. The van der Waals surface area contributed by atoms with Crippen molar-refractivity contribution in [2.75, 3.05) is 5.32 Å². The fourth-order valence-corrected chi connectivity index (χ4v) is 7.02. The highest BCUT2D eigenvalue weighted by Gasteiger charge is 2.24. The summed E-state index contributed by atoms with van der Waals surface area (Å²) in [5, 5.41) is 7.85. The number of rotatable bonds is 14. The number of aryl methyl sites for hydroxylation is 1. The van der Waals surface area contributed by atoms with Crippen LogP contribution in [0.5, 0.6) is 0 Å². The summed E-state index contributed by atoms with van der Waals surface area (Å²) in [5.74, 6) is -0.258. The summed E-state index contributed by atoms with van der Waals surface area (Å²) < 4.78 is 32.0. The van der Waals surface area contributed by atoms with Crippen molar-refractivity contribution in [3.63, 3.8) is 0 Å². The SMILES string of the molecule is CCCCC(=O)Nc1cccc(-n2nc(CCCC)n(Cc3ccc(-c4ccccc4S(=O)(=O)NC(=O)c4ccccc4Cl)cc3)c2=O)c1C. The van der Waals surface area contributed by atoms with E-state index >= 15 is 0 Å². The Morgan fingerprint density at radius 3 is 2.28 bits per heavy atom. The van der Waals surface area contributed by atoms with Gasteiger partial charge in [-0.2, -0.15) is 4.68 Å². The average molecular weight is 714 g/mol. The zero-order valence-corrected chi connectivity index (χ0v) is 29.9. The van der Waals surface area contributed by atoms with Gasteiger partial charge < -0.3 is 5.32 Å². The second-order valence-electron chi connectivity index (χ2n) is 12.0. The van der Waals surface area contributed by atoms with Crippen molar-refractivity contribution in [1.82, 2.24) is 19.1 Å². The molecule has 5 aromatic rings. The van der Waals surface area contributed by atoms with Crippen molar-refractivity contribution in [1.29, 1.82) is 0 Å². The number of nitrogens with one attached hydrogen (secondary N) is 2. The van der Waals surface area contributed by atoms with Crippen LogP contribution in [0.1, 0.15) is 73.3 Å². The summed E-state index contributed by atoms with van der Waals surface area (Å²) in [6, 6.07) is 25.3. The third-order valence-corrected chi connectivity index (χ3v) is 10.1. The molecule has 1 heterocycles. The van der Waals surface area contributed by atoms with Crippen LogP contribution in [0.4, 0.5) is 5.69 Å². The smallest absolute Gasteiger partial charge is 0.326 e. The van der Waals surface area contributed by atoms with Crippen molar-refractivity contribution in [3.8, 4) is 16.8 Å². The van der Waals surface area contributed by atoms with E-state index in [-0.39, 0.29) is 33.6 Å². The van der Waals surface area contributed by atoms with Crippen LogP contribution in [0, 0.1) is 6.92 Å². The van der Waals surface area contributed by atoms with Gasteiger partial charge in [-0.25, -0.2) is 17.9 Å². The minimum atomic E-state index is -4.26. The summed E-state index contributed by atoms with van der Waals surface area (Å²) in [4.78, 5) is 39.1. The molecule has 260 valence electrons. The van der Waals surface area contributed by atoms with Crippen molar-refractivity contribution < 1.29 is 18.0 Å². The molecule has 0 aliphatic heterocycles. The van der Waals surface area contributed by atoms with Gasteiger partial charge in [-0.3, -0.25) is 14.2 Å². The molecule has 0 spiro atoms. The normalized spacial score (nSPS) is 11.4. The molecule has 2 amide bonds. The van der Waals surface area contributed by atoms with E-state index in [1.54, 1.807) is 53.1 Å². The van der Waals surface area contributed by atoms with Crippen LogP contribution in [-0.4, -0.2) is 34.6 Å². The summed E-state index contributed by atoms with van der Waals surface area (Å²) in [6.45, 7) is 6.22. The van der Waals surface area contributed by atoms with Gasteiger partial charge in [0.15, 0.2) is 0 Å². The Labute approximate surface area is 297 Å². The number of unbranched alkanes of at least 4 members (excludes halogenated alkanes) is 2. The highest BCUT2D eigenvalue weighted by Crippen LogP contribution is 2.28. The molecule has 50 heavy (non-hydrogen) atoms. The number of nitrogens with zero attached hydrogens (tertiary/aromatic N) is 3. The molecule has 10 nitrogen and oxygen atoms in total. The van der Waals surface area contributed by atoms with E-state index in [0.29, 0.717) is 41.2 Å². The monoisotopic (exact) mass is 713 g/mol. The van der Waals surface area contributed by atoms with Gasteiger partial charge in [-0.15, -0.1) is 5.10 Å². The molecular weight excluding hydrogens is 674 g/mol. The minimum Gasteiger partial charge on any atom is -0.326 e. The number of hydrogen-bond donors (Lipinski definition) is 2. The van der Waals surface area contributed by atoms with Gasteiger partial charge in [0, 0.05) is 24.1 Å². The lowest BCUT2D eigenvalue weighted by atomic mass is 10.0. The zero-order chi connectivity index (χ0) is 35.8. The summed E-state index contributed by atoms with van der Waals surface area (Å²) in [7, 11) is -4.26. The van der Waals surface area contributed by atoms with Crippen molar-refractivity contribution >= 4 is 39.1 Å². The van der Waals surface area contributed by atoms with E-state index in [1.807, 2.05) is 38.1 Å². The van der Waals surface area contributed by atoms with Gasteiger partial charge in [-0.1, -0.05) is 99.0 Å². The number of benzene rings is 4. The van der Waals surface area contributed by atoms with Crippen LogP contribution in [-0.2, 0) is 27.8 Å². The molecule has 0 atom stereocenters. The molecular formula is C38H40ClN5O5S. The first kappa shape index (κ1) is 36.3. The van der Waals surface area contributed by atoms with E-state index in [1.165, 1.54) is 22.9 Å². The number of sulfonamides is 1. The molecule has 4 aromatic carbocycles. The van der Waals surface area contributed by atoms with E-state index in [9.17, 15) is 22.8 Å². The summed E-state index contributed by atoms with van der Waals surface area (Å²) in [6.07, 6.45) is 4.52. The Morgan fingerprint density at radius 2 is 1.56 bits per heavy atom. The predicted molar refractivity (Wildman–Crippen MR) is 196 cm³/mol. The topological polar surface area (TPSA) is 132 Å². The fourth-order valence-electron chi connectivity index (χ4n) is 5.60. The van der Waals surface area contributed by atoms with E-state index < -0.39 is 15.9 Å². The van der Waals surface area contributed by atoms with Crippen molar-refractivity contribution in [3.05, 3.63) is 129 Å². The quantitative estimate of drug-likeness (QED) is 0.124. The Morgan fingerprint density at radius 1 is 0.860 bits per heavy atom. The Balaban J connectivity index is 1.42. The molecule has 0 radical (unpaired) electrons. The third-order valence-electron chi connectivity index (χ3n) is 8.39. The number of amides is 2. The largest absolute Gasteiger partial charge is 0.351 e. The number of anilines is 1. The zero-order valence-electron chi connectivity index (χ0n) is 28.3. The maximum absolute atomic E-state index is 13.9. The van der Waals surface area contributed by atoms with Gasteiger partial charge >= 0.3 is 5.69 Å². The average Bonchev–Trinajstić information content (AvgIpc) is 3.41. The second-order valence-corrected chi connectivity index (χ2v) is 14.1. The second kappa shape index (κ2) is 16.1. The van der Waals surface area contributed by atoms with Crippen LogP contribution < -0.4 is 15.7 Å². The number of halogens is 1. The predicted octanol–water partition coefficient (Wildman–Crippen LogP) is 7.30. The Hall–Kier alpha value is -5.00. The third kappa shape index (κ3) is 8.23. The van der Waals surface area contributed by atoms with Crippen LogP contribution in [0.15, 0.2) is 101 Å². The molecule has 12 heteroatoms. The van der Waals surface area contributed by atoms with Gasteiger partial charge in [0.05, 0.1) is 27.7 Å². The summed E-state index contributed by atoms with van der Waals surface area (Å²) >= 11 is 6.12. The maximum Gasteiger partial charge on any atom is 0.351 e. The number of hydrogen-bond acceptors (Lipinski definition) is 6. The highest BCUT2D eigenvalue weighted by atomic mass is 35.5. The fraction of sp³-hybridized carbons (Fsp3) is 0.263. The van der Waals surface area contributed by atoms with Crippen molar-refractivity contribution in [2.45, 2.75) is 70.7 Å². The minimum absolute atomic E-state index is 0.0495. The number of aromatic nitrogens is 3. The van der Waals surface area contributed by atoms with Crippen LogP contribution >= 0.6 is 11.6 Å². The molecule has 0 aliphatic rings. The molecule has 0 fully saturated rings. The Kier molecular flexibility index (Phi) is 11.7. The standard InChI is InChI=1S/C38H40ClN5O5S/c1-4-6-19-35-41-44(33-17-12-16-32(26(33)3)40-36(45)20-7-5-2)38(47)43(35)25-27-21-23-28(24-22-27)29-13-9-11-18-34(29)50(48,49)42-37(46)30-14-8-10-15-31(30)39/h8-18,21-24H,4-7,19-20,25H2,1-3H3,(H,40,45)(H,42,46). The molecule has 0 saturated heterocycles. The summed E-state index contributed by atoms with van der Waals surface area (Å²) in [5.41, 5.74) is 3.56. The van der Waals surface area contributed by atoms with Gasteiger partial charge in [-0.05, 0) is 66.8 Å². The molecule has 0 bridgehead atoms. The lowest BCUT2D eigenvalue weighted by Gasteiger charge is -2.13. The number of carbonyl (C=O) groups is 2. The molecule has 0 saturated carbocycles.